The highest BCUT2D eigenvalue weighted by atomic mass is 32.2. The van der Waals surface area contributed by atoms with Gasteiger partial charge in [-0.3, -0.25) is 9.48 Å². The van der Waals surface area contributed by atoms with Crippen LogP contribution in [0.2, 0.25) is 0 Å². The van der Waals surface area contributed by atoms with Gasteiger partial charge in [0.05, 0.1) is 12.8 Å². The molecule has 0 spiro atoms. The molecule has 0 bridgehead atoms. The molecule has 192 valence electrons. The summed E-state index contributed by atoms with van der Waals surface area (Å²) in [5.41, 5.74) is 1.50. The minimum Gasteiger partial charge on any atom is -0.481 e. The Morgan fingerprint density at radius 3 is 2.47 bits per heavy atom. The van der Waals surface area contributed by atoms with E-state index in [1.807, 2.05) is 18.6 Å². The lowest BCUT2D eigenvalue weighted by Crippen LogP contribution is -2.35. The number of nitrogens with zero attached hydrogens (tertiary/aromatic N) is 4. The van der Waals surface area contributed by atoms with E-state index in [0.717, 1.165) is 10.7 Å². The molecule has 1 aromatic carbocycles. The molecule has 0 fully saturated rings. The third kappa shape index (κ3) is 5.62. The number of aryl methyl sites for hydroxylation is 1. The molecule has 0 saturated heterocycles. The summed E-state index contributed by atoms with van der Waals surface area (Å²) < 4.78 is 48.4. The van der Waals surface area contributed by atoms with E-state index in [1.165, 1.54) is 51.5 Å². The van der Waals surface area contributed by atoms with Gasteiger partial charge in [-0.25, -0.2) is 18.9 Å². The predicted octanol–water partition coefficient (Wildman–Crippen LogP) is 2.97. The van der Waals surface area contributed by atoms with Gasteiger partial charge in [-0.05, 0) is 35.2 Å². The second kappa shape index (κ2) is 10.3. The van der Waals surface area contributed by atoms with Crippen molar-refractivity contribution in [2.24, 2.45) is 7.05 Å². The summed E-state index contributed by atoms with van der Waals surface area (Å²) in [6.45, 7) is 3.62. The van der Waals surface area contributed by atoms with Gasteiger partial charge in [0.25, 0.3) is 15.9 Å². The van der Waals surface area contributed by atoms with Gasteiger partial charge in [0, 0.05) is 45.0 Å². The van der Waals surface area contributed by atoms with Gasteiger partial charge >= 0.3 is 6.03 Å². The molecule has 2 aromatic heterocycles. The fourth-order valence-electron chi connectivity index (χ4n) is 3.45. The van der Waals surface area contributed by atoms with E-state index >= 15 is 0 Å². The van der Waals surface area contributed by atoms with E-state index in [9.17, 15) is 22.4 Å². The number of carbonyl (C=O) groups is 2. The monoisotopic (exact) mass is 518 g/mol. The molecular weight excluding hydrogens is 491 g/mol. The second-order valence-corrected chi connectivity index (χ2v) is 10.0. The Hall–Kier alpha value is -4.00. The second-order valence-electron chi connectivity index (χ2n) is 8.41. The van der Waals surface area contributed by atoms with Gasteiger partial charge in [0.15, 0.2) is 5.03 Å². The number of sulfonamides is 1. The Bertz CT molecular complexity index is 1420. The number of amides is 3. The normalized spacial score (nSPS) is 11.3. The van der Waals surface area contributed by atoms with Crippen molar-refractivity contribution >= 4 is 27.6 Å². The summed E-state index contributed by atoms with van der Waals surface area (Å²) in [7, 11) is 1.44. The van der Waals surface area contributed by atoms with Gasteiger partial charge in [-0.1, -0.05) is 13.8 Å². The molecule has 13 heteroatoms. The molecule has 0 aliphatic heterocycles. The van der Waals surface area contributed by atoms with Crippen LogP contribution < -0.4 is 14.8 Å². The average Bonchev–Trinajstić information content (AvgIpc) is 3.21. The standard InChI is InChI=1S/C23H27FN6O5S/c1-13(2)16-10-15(24)11-17(14-7-8-25-19(9-14)35-6)21(16)26-23(32)28-36(33,34)20-12-18(30(5)27-20)22(31)29(3)4/h7-13H,1-6H3,(H2,26,28,32). The molecule has 0 aliphatic rings. The average molecular weight is 519 g/mol. The summed E-state index contributed by atoms with van der Waals surface area (Å²) in [6.07, 6.45) is 1.47. The van der Waals surface area contributed by atoms with E-state index in [0.29, 0.717) is 16.7 Å². The molecule has 0 atom stereocenters. The van der Waals surface area contributed by atoms with Crippen LogP contribution in [0.1, 0.15) is 35.8 Å². The number of halogens is 1. The molecule has 2 heterocycles. The number of hydrogen-bond acceptors (Lipinski definition) is 7. The molecular formula is C23H27FN6O5S. The van der Waals surface area contributed by atoms with Gasteiger partial charge < -0.3 is 15.0 Å². The first-order chi connectivity index (χ1) is 16.8. The van der Waals surface area contributed by atoms with Crippen LogP contribution in [-0.4, -0.2) is 61.2 Å². The molecule has 0 radical (unpaired) electrons. The molecule has 11 nitrogen and oxygen atoms in total. The third-order valence-electron chi connectivity index (χ3n) is 5.23. The molecule has 3 aromatic rings. The molecule has 3 rings (SSSR count). The fraction of sp³-hybridized carbons (Fsp3) is 0.304. The number of urea groups is 1. The minimum absolute atomic E-state index is 0.0235. The summed E-state index contributed by atoms with van der Waals surface area (Å²) in [5, 5.41) is 5.89. The van der Waals surface area contributed by atoms with Crippen molar-refractivity contribution in [1.82, 2.24) is 24.4 Å². The van der Waals surface area contributed by atoms with Crippen LogP contribution in [0, 0.1) is 5.82 Å². The first kappa shape index (κ1) is 26.6. The first-order valence-corrected chi connectivity index (χ1v) is 12.3. The molecule has 2 N–H and O–H groups in total. The Morgan fingerprint density at radius 1 is 1.17 bits per heavy atom. The maximum Gasteiger partial charge on any atom is 0.333 e. The van der Waals surface area contributed by atoms with E-state index in [4.69, 9.17) is 4.74 Å². The molecule has 0 saturated carbocycles. The highest BCUT2D eigenvalue weighted by molar-refractivity contribution is 7.90. The summed E-state index contributed by atoms with van der Waals surface area (Å²) in [6, 6.07) is 5.66. The number of nitrogens with one attached hydrogen (secondary N) is 2. The maximum absolute atomic E-state index is 14.5. The van der Waals surface area contributed by atoms with Crippen LogP contribution >= 0.6 is 0 Å². The van der Waals surface area contributed by atoms with Gasteiger partial charge in [-0.15, -0.1) is 0 Å². The molecule has 0 unspecified atom stereocenters. The Labute approximate surface area is 208 Å². The number of methoxy groups -OCH3 is 1. The predicted molar refractivity (Wildman–Crippen MR) is 131 cm³/mol. The third-order valence-corrected chi connectivity index (χ3v) is 6.44. The van der Waals surface area contributed by atoms with Crippen molar-refractivity contribution in [3.8, 4) is 17.0 Å². The fourth-order valence-corrected chi connectivity index (χ4v) is 4.35. The van der Waals surface area contributed by atoms with E-state index in [1.54, 1.807) is 12.1 Å². The highest BCUT2D eigenvalue weighted by Crippen LogP contribution is 2.36. The van der Waals surface area contributed by atoms with E-state index < -0.39 is 32.8 Å². The smallest absolute Gasteiger partial charge is 0.333 e. The number of carbonyl (C=O) groups excluding carboxylic acids is 2. The van der Waals surface area contributed by atoms with Crippen LogP contribution in [0.3, 0.4) is 0 Å². The molecule has 0 aliphatic carbocycles. The Balaban J connectivity index is 1.98. The largest absolute Gasteiger partial charge is 0.481 e. The minimum atomic E-state index is -4.44. The quantitative estimate of drug-likeness (QED) is 0.491. The van der Waals surface area contributed by atoms with Crippen molar-refractivity contribution in [2.45, 2.75) is 24.8 Å². The lowest BCUT2D eigenvalue weighted by atomic mass is 9.94. The highest BCUT2D eigenvalue weighted by Gasteiger charge is 2.26. The van der Waals surface area contributed by atoms with Crippen molar-refractivity contribution in [1.29, 1.82) is 0 Å². The number of benzene rings is 1. The van der Waals surface area contributed by atoms with Crippen molar-refractivity contribution in [2.75, 3.05) is 26.5 Å². The lowest BCUT2D eigenvalue weighted by Gasteiger charge is -2.19. The van der Waals surface area contributed by atoms with Gasteiger partial charge in [0.1, 0.15) is 11.5 Å². The SMILES string of the molecule is COc1cc(-c2cc(F)cc(C(C)C)c2NC(=O)NS(=O)(=O)c2cc(C(=O)N(C)C)n(C)n2)ccn1. The van der Waals surface area contributed by atoms with E-state index in [-0.39, 0.29) is 23.2 Å². The van der Waals surface area contributed by atoms with Crippen molar-refractivity contribution in [3.05, 3.63) is 53.6 Å². The summed E-state index contributed by atoms with van der Waals surface area (Å²) in [4.78, 5) is 30.4. The maximum atomic E-state index is 14.5. The molecule has 36 heavy (non-hydrogen) atoms. The Kier molecular flexibility index (Phi) is 7.62. The number of ether oxygens (including phenoxy) is 1. The number of pyridine rings is 1. The lowest BCUT2D eigenvalue weighted by molar-refractivity contribution is 0.0817. The zero-order chi connectivity index (χ0) is 26.8. The van der Waals surface area contributed by atoms with Crippen LogP contribution in [0.15, 0.2) is 41.6 Å². The van der Waals surface area contributed by atoms with Crippen molar-refractivity contribution < 1.29 is 27.1 Å². The van der Waals surface area contributed by atoms with Crippen LogP contribution in [0.4, 0.5) is 14.9 Å². The number of hydrogen-bond donors (Lipinski definition) is 2. The Morgan fingerprint density at radius 2 is 1.86 bits per heavy atom. The topological polar surface area (TPSA) is 136 Å². The van der Waals surface area contributed by atoms with Crippen LogP contribution in [0.5, 0.6) is 5.88 Å². The van der Waals surface area contributed by atoms with Crippen LogP contribution in [-0.2, 0) is 17.1 Å². The zero-order valence-corrected chi connectivity index (χ0v) is 21.5. The van der Waals surface area contributed by atoms with Crippen LogP contribution in [0.25, 0.3) is 11.1 Å². The van der Waals surface area contributed by atoms with Gasteiger partial charge in [0.2, 0.25) is 5.88 Å². The van der Waals surface area contributed by atoms with Crippen molar-refractivity contribution in [3.63, 3.8) is 0 Å². The number of aromatic nitrogens is 3. The number of anilines is 1. The molecule has 3 amide bonds. The number of rotatable bonds is 7. The zero-order valence-electron chi connectivity index (χ0n) is 20.7. The summed E-state index contributed by atoms with van der Waals surface area (Å²) in [5.74, 6) is -0.930. The van der Waals surface area contributed by atoms with E-state index in [2.05, 4.69) is 15.4 Å². The first-order valence-electron chi connectivity index (χ1n) is 10.8. The summed E-state index contributed by atoms with van der Waals surface area (Å²) >= 11 is 0. The van der Waals surface area contributed by atoms with Gasteiger partial charge in [-0.2, -0.15) is 13.5 Å².